The van der Waals surface area contributed by atoms with Crippen LogP contribution in [-0.4, -0.2) is 32.2 Å². The van der Waals surface area contributed by atoms with E-state index in [1.54, 1.807) is 6.92 Å². The molecular weight excluding hydrogens is 274 g/mol. The van der Waals surface area contributed by atoms with Crippen LogP contribution in [0.5, 0.6) is 0 Å². The summed E-state index contributed by atoms with van der Waals surface area (Å²) in [6.07, 6.45) is 1.81. The lowest BCUT2D eigenvalue weighted by Gasteiger charge is -2.19. The Morgan fingerprint density at radius 2 is 2.33 bits per heavy atom. The average Bonchev–Trinajstić information content (AvgIpc) is 2.86. The second-order valence-corrected chi connectivity index (χ2v) is 7.33. The minimum absolute atomic E-state index is 0.0506. The first-order chi connectivity index (χ1) is 8.40. The summed E-state index contributed by atoms with van der Waals surface area (Å²) < 4.78 is 32.6. The lowest BCUT2D eigenvalue weighted by molar-refractivity contribution is 0.0902. The fourth-order valence-electron chi connectivity index (χ4n) is 2.02. The third kappa shape index (κ3) is 2.82. The van der Waals surface area contributed by atoms with Crippen LogP contribution in [0, 0.1) is 6.92 Å². The number of nitrogens with one attached hydrogen (secondary N) is 1. The van der Waals surface area contributed by atoms with E-state index >= 15 is 0 Å². The van der Waals surface area contributed by atoms with Crippen LogP contribution >= 0.6 is 11.3 Å². The highest BCUT2D eigenvalue weighted by Crippen LogP contribution is 2.25. The van der Waals surface area contributed by atoms with Gasteiger partial charge in [0.25, 0.3) is 10.0 Å². The van der Waals surface area contributed by atoms with E-state index in [1.807, 2.05) is 6.92 Å². The van der Waals surface area contributed by atoms with Crippen molar-refractivity contribution < 1.29 is 13.2 Å². The largest absolute Gasteiger partial charge is 0.377 e. The number of hydrogen-bond acceptors (Lipinski definition) is 6. The zero-order valence-electron chi connectivity index (χ0n) is 10.3. The van der Waals surface area contributed by atoms with E-state index in [2.05, 4.69) is 9.71 Å². The van der Waals surface area contributed by atoms with Crippen molar-refractivity contribution in [1.29, 1.82) is 0 Å². The number of sulfonamides is 1. The standard InChI is InChI=1S/C10H17N3O3S2/c1-6(8-4-3-5-16-8)13-18(14,15)9-7(2)12-10(11)17-9/h6,8,13H,3-5H2,1-2H3,(H2,11,12). The van der Waals surface area contributed by atoms with Gasteiger partial charge in [-0.1, -0.05) is 11.3 Å². The lowest BCUT2D eigenvalue weighted by Crippen LogP contribution is -2.40. The average molecular weight is 291 g/mol. The molecule has 1 fully saturated rings. The Balaban J connectivity index is 2.14. The number of nitrogen functional groups attached to an aromatic ring is 1. The molecule has 18 heavy (non-hydrogen) atoms. The van der Waals surface area contributed by atoms with Gasteiger partial charge in [-0.05, 0) is 26.7 Å². The molecule has 1 saturated heterocycles. The van der Waals surface area contributed by atoms with Crippen LogP contribution < -0.4 is 10.5 Å². The molecule has 0 aromatic carbocycles. The first-order valence-electron chi connectivity index (χ1n) is 5.77. The Hall–Kier alpha value is -0.700. The smallest absolute Gasteiger partial charge is 0.252 e. The third-order valence-corrected chi connectivity index (χ3v) is 6.03. The molecule has 0 saturated carbocycles. The first-order valence-corrected chi connectivity index (χ1v) is 8.07. The fraction of sp³-hybridized carbons (Fsp3) is 0.700. The second kappa shape index (κ2) is 5.12. The summed E-state index contributed by atoms with van der Waals surface area (Å²) in [6, 6.07) is -0.250. The summed E-state index contributed by atoms with van der Waals surface area (Å²) in [5.74, 6) is 0. The van der Waals surface area contributed by atoms with Crippen LogP contribution in [-0.2, 0) is 14.8 Å². The normalized spacial score (nSPS) is 22.2. The van der Waals surface area contributed by atoms with Crippen molar-refractivity contribution >= 4 is 26.5 Å². The van der Waals surface area contributed by atoms with Crippen molar-refractivity contribution in [1.82, 2.24) is 9.71 Å². The van der Waals surface area contributed by atoms with Crippen molar-refractivity contribution in [3.63, 3.8) is 0 Å². The van der Waals surface area contributed by atoms with E-state index in [9.17, 15) is 8.42 Å². The Morgan fingerprint density at radius 1 is 1.61 bits per heavy atom. The highest BCUT2D eigenvalue weighted by atomic mass is 32.2. The summed E-state index contributed by atoms with van der Waals surface area (Å²) in [4.78, 5) is 3.93. The summed E-state index contributed by atoms with van der Waals surface area (Å²) in [6.45, 7) is 4.15. The van der Waals surface area contributed by atoms with Crippen LogP contribution in [0.3, 0.4) is 0 Å². The van der Waals surface area contributed by atoms with Gasteiger partial charge in [0.05, 0.1) is 11.8 Å². The van der Waals surface area contributed by atoms with Gasteiger partial charge in [-0.2, -0.15) is 0 Å². The zero-order valence-corrected chi connectivity index (χ0v) is 12.0. The highest BCUT2D eigenvalue weighted by Gasteiger charge is 2.29. The van der Waals surface area contributed by atoms with Gasteiger partial charge < -0.3 is 10.5 Å². The van der Waals surface area contributed by atoms with Crippen molar-refractivity contribution in [3.05, 3.63) is 5.69 Å². The number of aromatic nitrogens is 1. The van der Waals surface area contributed by atoms with Gasteiger partial charge in [-0.25, -0.2) is 18.1 Å². The van der Waals surface area contributed by atoms with E-state index < -0.39 is 10.0 Å². The molecule has 0 spiro atoms. The molecule has 1 aromatic heterocycles. The molecule has 3 N–H and O–H groups in total. The monoisotopic (exact) mass is 291 g/mol. The van der Waals surface area contributed by atoms with Gasteiger partial charge in [-0.3, -0.25) is 0 Å². The molecule has 8 heteroatoms. The summed E-state index contributed by atoms with van der Waals surface area (Å²) in [7, 11) is -3.56. The number of aryl methyl sites for hydroxylation is 1. The molecule has 0 amide bonds. The van der Waals surface area contributed by atoms with Crippen LogP contribution in [0.1, 0.15) is 25.5 Å². The molecule has 0 aliphatic carbocycles. The molecule has 102 valence electrons. The summed E-state index contributed by atoms with van der Waals surface area (Å²) in [5, 5.41) is 0.262. The van der Waals surface area contributed by atoms with E-state index in [0.717, 1.165) is 24.2 Å². The van der Waals surface area contributed by atoms with Gasteiger partial charge in [0, 0.05) is 12.6 Å². The minimum atomic E-state index is -3.56. The minimum Gasteiger partial charge on any atom is -0.377 e. The molecule has 1 aliphatic heterocycles. The first kappa shape index (κ1) is 13.7. The molecule has 0 bridgehead atoms. The Morgan fingerprint density at radius 3 is 2.83 bits per heavy atom. The Labute approximate surface area is 111 Å². The van der Waals surface area contributed by atoms with E-state index in [-0.39, 0.29) is 21.5 Å². The fourth-order valence-corrected chi connectivity index (χ4v) is 4.61. The van der Waals surface area contributed by atoms with E-state index in [4.69, 9.17) is 10.5 Å². The molecule has 2 heterocycles. The molecule has 1 aliphatic rings. The van der Waals surface area contributed by atoms with Gasteiger partial charge in [0.2, 0.25) is 0 Å². The predicted molar refractivity (Wildman–Crippen MR) is 70.0 cm³/mol. The van der Waals surface area contributed by atoms with Crippen molar-refractivity contribution in [3.8, 4) is 0 Å². The quantitative estimate of drug-likeness (QED) is 0.858. The number of rotatable bonds is 4. The summed E-state index contributed by atoms with van der Waals surface area (Å²) >= 11 is 0.981. The van der Waals surface area contributed by atoms with E-state index in [0.29, 0.717) is 12.3 Å². The van der Waals surface area contributed by atoms with Crippen LogP contribution in [0.15, 0.2) is 4.21 Å². The second-order valence-electron chi connectivity index (χ2n) is 4.39. The van der Waals surface area contributed by atoms with Crippen LogP contribution in [0.25, 0.3) is 0 Å². The molecule has 0 radical (unpaired) electrons. The van der Waals surface area contributed by atoms with Crippen molar-refractivity contribution in [2.45, 2.75) is 43.0 Å². The number of nitrogens with two attached hydrogens (primary N) is 1. The summed E-state index contributed by atoms with van der Waals surface area (Å²) in [5.41, 5.74) is 5.95. The topological polar surface area (TPSA) is 94.3 Å². The van der Waals surface area contributed by atoms with Gasteiger partial charge >= 0.3 is 0 Å². The van der Waals surface area contributed by atoms with Gasteiger partial charge in [0.15, 0.2) is 9.34 Å². The highest BCUT2D eigenvalue weighted by molar-refractivity contribution is 7.91. The third-order valence-electron chi connectivity index (χ3n) is 2.88. The number of ether oxygens (including phenoxy) is 1. The van der Waals surface area contributed by atoms with Crippen LogP contribution in [0.2, 0.25) is 0 Å². The maximum Gasteiger partial charge on any atom is 0.252 e. The number of hydrogen-bond donors (Lipinski definition) is 2. The Kier molecular flexibility index (Phi) is 3.90. The lowest BCUT2D eigenvalue weighted by atomic mass is 10.1. The molecule has 2 rings (SSSR count). The van der Waals surface area contributed by atoms with E-state index in [1.165, 1.54) is 0 Å². The SMILES string of the molecule is Cc1nc(N)sc1S(=O)(=O)NC(C)C1CCCO1. The number of nitrogens with zero attached hydrogens (tertiary/aromatic N) is 1. The van der Waals surface area contributed by atoms with Gasteiger partial charge in [-0.15, -0.1) is 0 Å². The molecular formula is C10H17N3O3S2. The van der Waals surface area contributed by atoms with Crippen molar-refractivity contribution in [2.75, 3.05) is 12.3 Å². The molecule has 1 aromatic rings. The molecule has 6 nitrogen and oxygen atoms in total. The molecule has 2 unspecified atom stereocenters. The van der Waals surface area contributed by atoms with Crippen LogP contribution in [0.4, 0.5) is 5.13 Å². The van der Waals surface area contributed by atoms with Gasteiger partial charge in [0.1, 0.15) is 0 Å². The number of anilines is 1. The predicted octanol–water partition coefficient (Wildman–Crippen LogP) is 0.880. The maximum absolute atomic E-state index is 12.2. The maximum atomic E-state index is 12.2. The number of thiazole rings is 1. The van der Waals surface area contributed by atoms with Crippen molar-refractivity contribution in [2.24, 2.45) is 0 Å². The Bertz CT molecular complexity index is 520. The molecule has 2 atom stereocenters. The zero-order chi connectivity index (χ0) is 13.3.